The number of benzene rings is 3. The number of carbonyl (C=O) groups is 2. The molecule has 0 spiro atoms. The second-order valence-electron chi connectivity index (χ2n) is 8.63. The molecule has 0 aliphatic rings. The van der Waals surface area contributed by atoms with Crippen LogP contribution in [0.3, 0.4) is 0 Å². The van der Waals surface area contributed by atoms with E-state index in [0.717, 1.165) is 16.7 Å². The van der Waals surface area contributed by atoms with E-state index >= 15 is 0 Å². The highest BCUT2D eigenvalue weighted by Crippen LogP contribution is 2.33. The Morgan fingerprint density at radius 1 is 0.833 bits per heavy atom. The SMILES string of the molecule is CC(c1ccc(O)cc1)N(C(=O)C(c1ccccc1)c1ccccc1)[C@H](CCCN=C(N)N)C(N)=O. The molecule has 0 aliphatic carbocycles. The van der Waals surface area contributed by atoms with Crippen LogP contribution >= 0.6 is 0 Å². The Labute approximate surface area is 211 Å². The Hall–Kier alpha value is -4.33. The van der Waals surface area contributed by atoms with E-state index in [9.17, 15) is 14.7 Å². The van der Waals surface area contributed by atoms with E-state index in [1.807, 2.05) is 67.6 Å². The zero-order valence-electron chi connectivity index (χ0n) is 20.3. The fourth-order valence-electron chi connectivity index (χ4n) is 4.36. The standard InChI is InChI=1S/C28H33N5O3/c1-19(20-14-16-23(34)17-15-20)33(24(26(29)35)13-8-18-32-28(30)31)27(36)25(21-9-4-2-5-10-21)22-11-6-3-7-12-22/h2-7,9-12,14-17,19,24-25,34H,8,13,18H2,1H3,(H2,29,35)(H4,30,31,32)/t19?,24-/m1/s1. The van der Waals surface area contributed by atoms with Crippen molar-refractivity contribution in [3.63, 3.8) is 0 Å². The van der Waals surface area contributed by atoms with Gasteiger partial charge in [-0.25, -0.2) is 0 Å². The fourth-order valence-corrected chi connectivity index (χ4v) is 4.36. The van der Waals surface area contributed by atoms with Gasteiger partial charge in [-0.3, -0.25) is 14.6 Å². The summed E-state index contributed by atoms with van der Waals surface area (Å²) in [7, 11) is 0. The summed E-state index contributed by atoms with van der Waals surface area (Å²) in [5.74, 6) is -1.44. The van der Waals surface area contributed by atoms with Gasteiger partial charge in [0.15, 0.2) is 5.96 Å². The Morgan fingerprint density at radius 2 is 1.36 bits per heavy atom. The summed E-state index contributed by atoms with van der Waals surface area (Å²) >= 11 is 0. The average molecular weight is 488 g/mol. The molecule has 36 heavy (non-hydrogen) atoms. The first-order valence-electron chi connectivity index (χ1n) is 11.8. The lowest BCUT2D eigenvalue weighted by molar-refractivity contribution is -0.142. The third-order valence-electron chi connectivity index (χ3n) is 6.15. The van der Waals surface area contributed by atoms with E-state index in [2.05, 4.69) is 4.99 Å². The molecule has 0 saturated carbocycles. The van der Waals surface area contributed by atoms with Crippen LogP contribution < -0.4 is 17.2 Å². The smallest absolute Gasteiger partial charge is 0.240 e. The van der Waals surface area contributed by atoms with Gasteiger partial charge in [0.05, 0.1) is 12.0 Å². The van der Waals surface area contributed by atoms with Crippen molar-refractivity contribution < 1.29 is 14.7 Å². The van der Waals surface area contributed by atoms with E-state index in [4.69, 9.17) is 17.2 Å². The number of amides is 2. The minimum Gasteiger partial charge on any atom is -0.508 e. The highest BCUT2D eigenvalue weighted by Gasteiger charge is 2.37. The lowest BCUT2D eigenvalue weighted by Gasteiger charge is -2.38. The number of aromatic hydroxyl groups is 1. The maximum absolute atomic E-state index is 14.4. The van der Waals surface area contributed by atoms with E-state index in [1.54, 1.807) is 29.2 Å². The van der Waals surface area contributed by atoms with Gasteiger partial charge in [0.2, 0.25) is 11.8 Å². The number of guanidine groups is 1. The number of carbonyl (C=O) groups excluding carboxylic acids is 2. The third kappa shape index (κ3) is 6.63. The monoisotopic (exact) mass is 487 g/mol. The lowest BCUT2D eigenvalue weighted by Crippen LogP contribution is -2.50. The van der Waals surface area contributed by atoms with E-state index in [0.29, 0.717) is 13.0 Å². The molecule has 0 heterocycles. The molecule has 2 atom stereocenters. The minimum absolute atomic E-state index is 0.0377. The molecule has 3 aromatic carbocycles. The molecular formula is C28H33N5O3. The molecule has 3 rings (SSSR count). The summed E-state index contributed by atoms with van der Waals surface area (Å²) < 4.78 is 0. The number of aliphatic imine (C=N–C) groups is 1. The van der Waals surface area contributed by atoms with Crippen LogP contribution in [0.2, 0.25) is 0 Å². The van der Waals surface area contributed by atoms with Crippen molar-refractivity contribution in [3.05, 3.63) is 102 Å². The van der Waals surface area contributed by atoms with E-state index in [-0.39, 0.29) is 24.0 Å². The molecule has 0 radical (unpaired) electrons. The summed E-state index contributed by atoms with van der Waals surface area (Å²) in [6.07, 6.45) is 0.746. The molecule has 7 N–H and O–H groups in total. The quantitative estimate of drug-likeness (QED) is 0.186. The highest BCUT2D eigenvalue weighted by atomic mass is 16.3. The number of hydrogen-bond donors (Lipinski definition) is 4. The topological polar surface area (TPSA) is 148 Å². The number of primary amides is 1. The lowest BCUT2D eigenvalue weighted by atomic mass is 9.88. The Balaban J connectivity index is 2.08. The predicted molar refractivity (Wildman–Crippen MR) is 141 cm³/mol. The number of phenols is 1. The van der Waals surface area contributed by atoms with Gasteiger partial charge in [-0.15, -0.1) is 0 Å². The molecule has 0 fully saturated rings. The van der Waals surface area contributed by atoms with Gasteiger partial charge in [-0.2, -0.15) is 0 Å². The van der Waals surface area contributed by atoms with Crippen molar-refractivity contribution in [1.29, 1.82) is 0 Å². The summed E-state index contributed by atoms with van der Waals surface area (Å²) in [4.78, 5) is 32.7. The predicted octanol–water partition coefficient (Wildman–Crippen LogP) is 3.02. The Kier molecular flexibility index (Phi) is 9.05. The Morgan fingerprint density at radius 3 is 1.83 bits per heavy atom. The Bertz CT molecular complexity index is 1120. The third-order valence-corrected chi connectivity index (χ3v) is 6.15. The summed E-state index contributed by atoms with van der Waals surface area (Å²) in [5, 5.41) is 9.77. The molecule has 8 nitrogen and oxygen atoms in total. The molecule has 0 bridgehead atoms. The van der Waals surface area contributed by atoms with Crippen molar-refractivity contribution >= 4 is 17.8 Å². The molecule has 0 aliphatic heterocycles. The highest BCUT2D eigenvalue weighted by molar-refractivity contribution is 5.92. The molecule has 1 unspecified atom stereocenters. The van der Waals surface area contributed by atoms with Gasteiger partial charge in [0.1, 0.15) is 11.8 Å². The molecular weight excluding hydrogens is 454 g/mol. The van der Waals surface area contributed by atoms with E-state index < -0.39 is 23.9 Å². The fraction of sp³-hybridized carbons (Fsp3) is 0.250. The van der Waals surface area contributed by atoms with Crippen molar-refractivity contribution in [1.82, 2.24) is 4.90 Å². The first kappa shape index (κ1) is 26.3. The van der Waals surface area contributed by atoms with Crippen LogP contribution in [0.5, 0.6) is 5.75 Å². The zero-order chi connectivity index (χ0) is 26.1. The van der Waals surface area contributed by atoms with Gasteiger partial charge in [0.25, 0.3) is 0 Å². The van der Waals surface area contributed by atoms with Crippen LogP contribution in [0.1, 0.15) is 48.4 Å². The van der Waals surface area contributed by atoms with Gasteiger partial charge in [-0.05, 0) is 48.6 Å². The van der Waals surface area contributed by atoms with Gasteiger partial charge >= 0.3 is 0 Å². The van der Waals surface area contributed by atoms with Crippen molar-refractivity contribution in [2.75, 3.05) is 6.54 Å². The van der Waals surface area contributed by atoms with Gasteiger partial charge in [-0.1, -0.05) is 72.8 Å². The van der Waals surface area contributed by atoms with E-state index in [1.165, 1.54) is 0 Å². The molecule has 3 aromatic rings. The zero-order valence-corrected chi connectivity index (χ0v) is 20.3. The number of nitrogens with zero attached hydrogens (tertiary/aromatic N) is 2. The minimum atomic E-state index is -0.898. The molecule has 8 heteroatoms. The van der Waals surface area contributed by atoms with Crippen LogP contribution in [0.15, 0.2) is 89.9 Å². The van der Waals surface area contributed by atoms with Crippen LogP contribution in [0.25, 0.3) is 0 Å². The summed E-state index contributed by atoms with van der Waals surface area (Å²) in [5.41, 5.74) is 19.1. The second kappa shape index (κ2) is 12.4. The molecule has 188 valence electrons. The van der Waals surface area contributed by atoms with Crippen LogP contribution in [0, 0.1) is 0 Å². The average Bonchev–Trinajstić information content (AvgIpc) is 2.87. The first-order chi connectivity index (χ1) is 17.3. The van der Waals surface area contributed by atoms with Gasteiger partial charge in [0, 0.05) is 6.54 Å². The van der Waals surface area contributed by atoms with Crippen molar-refractivity contribution in [2.45, 2.75) is 37.8 Å². The van der Waals surface area contributed by atoms with Crippen molar-refractivity contribution in [3.8, 4) is 5.75 Å². The summed E-state index contributed by atoms with van der Waals surface area (Å²) in [6, 6.07) is 24.1. The largest absolute Gasteiger partial charge is 0.508 e. The maximum Gasteiger partial charge on any atom is 0.240 e. The molecule has 0 saturated heterocycles. The number of phenolic OH excluding ortho intramolecular Hbond substituents is 1. The van der Waals surface area contributed by atoms with Crippen LogP contribution in [-0.2, 0) is 9.59 Å². The second-order valence-corrected chi connectivity index (χ2v) is 8.63. The number of rotatable bonds is 11. The normalized spacial score (nSPS) is 12.5. The van der Waals surface area contributed by atoms with Crippen LogP contribution in [-0.4, -0.2) is 40.4 Å². The van der Waals surface area contributed by atoms with Crippen LogP contribution in [0.4, 0.5) is 0 Å². The van der Waals surface area contributed by atoms with Gasteiger partial charge < -0.3 is 27.2 Å². The number of hydrogen-bond acceptors (Lipinski definition) is 4. The molecule has 2 amide bonds. The summed E-state index contributed by atoms with van der Waals surface area (Å²) in [6.45, 7) is 2.16. The molecule has 0 aromatic heterocycles. The van der Waals surface area contributed by atoms with Crippen molar-refractivity contribution in [2.24, 2.45) is 22.2 Å². The maximum atomic E-state index is 14.4. The first-order valence-corrected chi connectivity index (χ1v) is 11.8. The number of nitrogens with two attached hydrogens (primary N) is 3.